The maximum absolute atomic E-state index is 12.6. The number of non-ortho nitro benzene ring substituents is 1. The van der Waals surface area contributed by atoms with E-state index in [1.807, 2.05) is 54.1 Å². The highest BCUT2D eigenvalue weighted by Crippen LogP contribution is 2.25. The number of nitrogens with one attached hydrogen (secondary N) is 1. The van der Waals surface area contributed by atoms with Gasteiger partial charge in [-0.1, -0.05) is 30.3 Å². The number of amides is 1. The van der Waals surface area contributed by atoms with E-state index < -0.39 is 10.8 Å². The molecule has 0 atom stereocenters. The molecule has 0 fully saturated rings. The summed E-state index contributed by atoms with van der Waals surface area (Å²) in [6.45, 7) is 2.90. The van der Waals surface area contributed by atoms with Crippen LogP contribution in [0.15, 0.2) is 88.5 Å². The van der Waals surface area contributed by atoms with Gasteiger partial charge in [0.2, 0.25) is 0 Å². The highest BCUT2D eigenvalue weighted by Gasteiger charge is 2.13. The van der Waals surface area contributed by atoms with Crippen LogP contribution >= 0.6 is 0 Å². The van der Waals surface area contributed by atoms with Crippen LogP contribution in [0.25, 0.3) is 21.9 Å². The van der Waals surface area contributed by atoms with Crippen molar-refractivity contribution in [2.75, 3.05) is 6.61 Å². The predicted octanol–water partition coefficient (Wildman–Crippen LogP) is 5.51. The van der Waals surface area contributed by atoms with Crippen LogP contribution in [0, 0.1) is 10.1 Å². The second-order valence-corrected chi connectivity index (χ2v) is 8.10. The largest absolute Gasteiger partial charge is 0.494 e. The van der Waals surface area contributed by atoms with Gasteiger partial charge in [0.15, 0.2) is 5.76 Å². The maximum Gasteiger partial charge on any atom is 0.307 e. The molecule has 2 heterocycles. The summed E-state index contributed by atoms with van der Waals surface area (Å²) < 4.78 is 13.1. The lowest BCUT2D eigenvalue weighted by Crippen LogP contribution is -2.16. The van der Waals surface area contributed by atoms with Crippen molar-refractivity contribution in [3.05, 3.63) is 106 Å². The number of ether oxygens (including phenoxy) is 1. The number of hydrogen-bond acceptors (Lipinski definition) is 6. The molecule has 0 saturated heterocycles. The average molecular weight is 482 g/mol. The SMILES string of the molecule is CCOc1ccc2oc(C(=O)N/N=C/c3cn(Cc4cccc([N+](=O)[O-])c4)c4ccccc34)cc2c1. The first-order valence-electron chi connectivity index (χ1n) is 11.3. The number of hydrazone groups is 1. The summed E-state index contributed by atoms with van der Waals surface area (Å²) >= 11 is 0. The fourth-order valence-electron chi connectivity index (χ4n) is 4.08. The summed E-state index contributed by atoms with van der Waals surface area (Å²) in [5.74, 6) is 0.377. The summed E-state index contributed by atoms with van der Waals surface area (Å²) in [7, 11) is 0. The number of para-hydroxylation sites is 1. The monoisotopic (exact) mass is 482 g/mol. The van der Waals surface area contributed by atoms with Gasteiger partial charge in [0, 0.05) is 46.7 Å². The fraction of sp³-hybridized carbons (Fsp3) is 0.111. The van der Waals surface area contributed by atoms with E-state index in [0.717, 1.165) is 27.4 Å². The number of benzene rings is 3. The molecule has 5 rings (SSSR count). The third kappa shape index (κ3) is 4.67. The molecule has 9 heteroatoms. The Hall–Kier alpha value is -4.92. The van der Waals surface area contributed by atoms with E-state index in [1.54, 1.807) is 36.5 Å². The zero-order valence-corrected chi connectivity index (χ0v) is 19.4. The number of nitro groups is 1. The molecule has 0 saturated carbocycles. The lowest BCUT2D eigenvalue weighted by atomic mass is 10.2. The van der Waals surface area contributed by atoms with Gasteiger partial charge in [-0.05, 0) is 42.8 Å². The summed E-state index contributed by atoms with van der Waals surface area (Å²) in [6, 6.07) is 21.3. The third-order valence-corrected chi connectivity index (χ3v) is 5.69. The Labute approximate surface area is 205 Å². The quantitative estimate of drug-likeness (QED) is 0.178. The van der Waals surface area contributed by atoms with Gasteiger partial charge in [0.25, 0.3) is 5.69 Å². The van der Waals surface area contributed by atoms with Crippen LogP contribution in [0.1, 0.15) is 28.6 Å². The first-order chi connectivity index (χ1) is 17.5. The summed E-state index contributed by atoms with van der Waals surface area (Å²) in [4.78, 5) is 23.3. The molecule has 180 valence electrons. The minimum Gasteiger partial charge on any atom is -0.494 e. The number of hydrogen-bond donors (Lipinski definition) is 1. The van der Waals surface area contributed by atoms with Crippen molar-refractivity contribution in [3.63, 3.8) is 0 Å². The fourth-order valence-corrected chi connectivity index (χ4v) is 4.08. The van der Waals surface area contributed by atoms with Gasteiger partial charge in [-0.2, -0.15) is 5.10 Å². The van der Waals surface area contributed by atoms with Crippen LogP contribution < -0.4 is 10.2 Å². The molecule has 2 aromatic heterocycles. The zero-order chi connectivity index (χ0) is 25.1. The molecule has 5 aromatic rings. The van der Waals surface area contributed by atoms with Crippen molar-refractivity contribution in [2.45, 2.75) is 13.5 Å². The Kier molecular flexibility index (Phi) is 6.19. The first-order valence-corrected chi connectivity index (χ1v) is 11.3. The number of fused-ring (bicyclic) bond motifs is 2. The lowest BCUT2D eigenvalue weighted by Gasteiger charge is -2.05. The van der Waals surface area contributed by atoms with Crippen molar-refractivity contribution in [3.8, 4) is 5.75 Å². The van der Waals surface area contributed by atoms with Crippen molar-refractivity contribution < 1.29 is 18.9 Å². The molecule has 0 unspecified atom stereocenters. The van der Waals surface area contributed by atoms with Gasteiger partial charge >= 0.3 is 5.91 Å². The third-order valence-electron chi connectivity index (χ3n) is 5.69. The molecule has 0 aliphatic carbocycles. The molecular formula is C27H22N4O5. The van der Waals surface area contributed by atoms with Gasteiger partial charge in [0.05, 0.1) is 17.7 Å². The maximum atomic E-state index is 12.6. The number of carbonyl (C=O) groups is 1. The van der Waals surface area contributed by atoms with E-state index in [9.17, 15) is 14.9 Å². The Balaban J connectivity index is 1.35. The molecule has 36 heavy (non-hydrogen) atoms. The molecule has 0 radical (unpaired) electrons. The van der Waals surface area contributed by atoms with E-state index in [1.165, 1.54) is 6.07 Å². The van der Waals surface area contributed by atoms with E-state index >= 15 is 0 Å². The van der Waals surface area contributed by atoms with E-state index in [4.69, 9.17) is 9.15 Å². The molecule has 0 spiro atoms. The molecular weight excluding hydrogens is 460 g/mol. The molecule has 0 aliphatic heterocycles. The van der Waals surface area contributed by atoms with Crippen LogP contribution in [-0.2, 0) is 6.54 Å². The average Bonchev–Trinajstić information content (AvgIpc) is 3.46. The number of furan rings is 1. The minimum absolute atomic E-state index is 0.0492. The van der Waals surface area contributed by atoms with Gasteiger partial charge in [0.1, 0.15) is 11.3 Å². The molecule has 3 aromatic carbocycles. The van der Waals surface area contributed by atoms with Gasteiger partial charge in [-0.3, -0.25) is 14.9 Å². The molecule has 1 amide bonds. The summed E-state index contributed by atoms with van der Waals surface area (Å²) in [5.41, 5.74) is 5.68. The molecule has 1 N–H and O–H groups in total. The van der Waals surface area contributed by atoms with Crippen LogP contribution in [-0.4, -0.2) is 28.2 Å². The highest BCUT2D eigenvalue weighted by molar-refractivity contribution is 6.01. The van der Waals surface area contributed by atoms with Crippen molar-refractivity contribution in [2.24, 2.45) is 5.10 Å². The first kappa shape index (κ1) is 22.9. The number of nitrogens with zero attached hydrogens (tertiary/aromatic N) is 3. The normalized spacial score (nSPS) is 11.4. The number of aromatic nitrogens is 1. The van der Waals surface area contributed by atoms with Crippen LogP contribution in [0.5, 0.6) is 5.75 Å². The Morgan fingerprint density at radius 1 is 1.14 bits per heavy atom. The van der Waals surface area contributed by atoms with E-state index in [-0.39, 0.29) is 11.4 Å². The van der Waals surface area contributed by atoms with Crippen LogP contribution in [0.3, 0.4) is 0 Å². The van der Waals surface area contributed by atoms with Crippen molar-refractivity contribution in [1.29, 1.82) is 0 Å². The second-order valence-electron chi connectivity index (χ2n) is 8.10. The number of carbonyl (C=O) groups excluding carboxylic acids is 1. The molecule has 0 bridgehead atoms. The highest BCUT2D eigenvalue weighted by atomic mass is 16.6. The Morgan fingerprint density at radius 2 is 2.00 bits per heavy atom. The van der Waals surface area contributed by atoms with Crippen LogP contribution in [0.2, 0.25) is 0 Å². The van der Waals surface area contributed by atoms with Gasteiger partial charge in [-0.15, -0.1) is 0 Å². The lowest BCUT2D eigenvalue weighted by molar-refractivity contribution is -0.384. The Morgan fingerprint density at radius 3 is 2.83 bits per heavy atom. The minimum atomic E-state index is -0.472. The molecule has 0 aliphatic rings. The van der Waals surface area contributed by atoms with Crippen molar-refractivity contribution in [1.82, 2.24) is 9.99 Å². The van der Waals surface area contributed by atoms with Gasteiger partial charge in [-0.25, -0.2) is 5.43 Å². The topological polar surface area (TPSA) is 112 Å². The summed E-state index contributed by atoms with van der Waals surface area (Å²) in [5, 5.41) is 17.0. The van der Waals surface area contributed by atoms with E-state index in [2.05, 4.69) is 10.5 Å². The van der Waals surface area contributed by atoms with Gasteiger partial charge < -0.3 is 13.7 Å². The number of rotatable bonds is 8. The summed E-state index contributed by atoms with van der Waals surface area (Å²) in [6.07, 6.45) is 3.47. The second kappa shape index (κ2) is 9.75. The predicted molar refractivity (Wildman–Crippen MR) is 137 cm³/mol. The standard InChI is InChI=1S/C27H22N4O5/c1-2-35-22-10-11-25-19(13-22)14-26(36-25)27(32)29-28-15-20-17-30(24-9-4-3-8-23(20)24)16-18-6-5-7-21(12-18)31(33)34/h3-15,17H,2,16H2,1H3,(H,29,32)/b28-15+. The van der Waals surface area contributed by atoms with E-state index in [0.29, 0.717) is 24.5 Å². The Bertz CT molecular complexity index is 1620. The number of nitro benzene ring substituents is 1. The van der Waals surface area contributed by atoms with Crippen molar-refractivity contribution >= 4 is 39.7 Å². The zero-order valence-electron chi connectivity index (χ0n) is 19.4. The molecule has 9 nitrogen and oxygen atoms in total. The van der Waals surface area contributed by atoms with Crippen LogP contribution in [0.4, 0.5) is 5.69 Å². The smallest absolute Gasteiger partial charge is 0.307 e.